The number of ketones is 1. The van der Waals surface area contributed by atoms with Crippen LogP contribution < -0.4 is 4.74 Å². The van der Waals surface area contributed by atoms with Gasteiger partial charge in [0.05, 0.1) is 12.7 Å². The van der Waals surface area contributed by atoms with Crippen molar-refractivity contribution >= 4 is 11.8 Å². The van der Waals surface area contributed by atoms with Gasteiger partial charge in [-0.15, -0.1) is 0 Å². The minimum Gasteiger partial charge on any atom is -0.497 e. The largest absolute Gasteiger partial charge is 0.497 e. The predicted molar refractivity (Wildman–Crippen MR) is 112 cm³/mol. The number of hydrogen-bond donors (Lipinski definition) is 0. The Labute approximate surface area is 171 Å². The molecule has 0 atom stereocenters. The fourth-order valence-electron chi connectivity index (χ4n) is 2.99. The quantitative estimate of drug-likeness (QED) is 0.371. The van der Waals surface area contributed by atoms with Crippen LogP contribution in [0.15, 0.2) is 78.9 Å². The summed E-state index contributed by atoms with van der Waals surface area (Å²) in [7, 11) is 1.64. The first kappa shape index (κ1) is 20.3. The van der Waals surface area contributed by atoms with Crippen LogP contribution in [0.2, 0.25) is 0 Å². The van der Waals surface area contributed by atoms with Gasteiger partial charge in [-0.1, -0.05) is 54.6 Å². The van der Waals surface area contributed by atoms with Gasteiger partial charge in [0.1, 0.15) is 12.4 Å². The Morgan fingerprint density at radius 1 is 0.759 bits per heavy atom. The van der Waals surface area contributed by atoms with E-state index in [9.17, 15) is 9.59 Å². The summed E-state index contributed by atoms with van der Waals surface area (Å²) in [6.45, 7) is 0.228. The molecular weight excluding hydrogens is 364 g/mol. The van der Waals surface area contributed by atoms with Crippen LogP contribution in [0, 0.1) is 0 Å². The number of carbonyl (C=O) groups excluding carboxylic acids is 2. The first-order valence-corrected chi connectivity index (χ1v) is 9.63. The number of methoxy groups -OCH3 is 1. The highest BCUT2D eigenvalue weighted by Gasteiger charge is 2.10. The Kier molecular flexibility index (Phi) is 7.17. The zero-order chi connectivity index (χ0) is 20.5. The normalized spacial score (nSPS) is 10.4. The molecule has 0 heterocycles. The van der Waals surface area contributed by atoms with Gasteiger partial charge in [-0.2, -0.15) is 0 Å². The number of Topliss-reactive ketones (excluding diaryl/α,β-unsaturated/α-hetero) is 1. The molecule has 0 aromatic heterocycles. The number of hydrogen-bond acceptors (Lipinski definition) is 4. The monoisotopic (exact) mass is 388 g/mol. The molecule has 0 radical (unpaired) electrons. The molecule has 3 aromatic rings. The van der Waals surface area contributed by atoms with E-state index in [0.717, 1.165) is 24.2 Å². The SMILES string of the molecule is COc1ccc(CCCC(=O)c2ccc(C(=O)OCc3ccccc3)cc2)cc1. The molecule has 0 fully saturated rings. The van der Waals surface area contributed by atoms with Gasteiger partial charge in [0.15, 0.2) is 5.78 Å². The predicted octanol–water partition coefficient (Wildman–Crippen LogP) is 5.26. The van der Waals surface area contributed by atoms with E-state index in [1.165, 1.54) is 5.56 Å². The van der Waals surface area contributed by atoms with Gasteiger partial charge in [0, 0.05) is 12.0 Å². The smallest absolute Gasteiger partial charge is 0.338 e. The molecule has 4 heteroatoms. The van der Waals surface area contributed by atoms with E-state index in [4.69, 9.17) is 9.47 Å². The lowest BCUT2D eigenvalue weighted by Gasteiger charge is -2.06. The van der Waals surface area contributed by atoms with Crippen LogP contribution in [-0.2, 0) is 17.8 Å². The van der Waals surface area contributed by atoms with Crippen LogP contribution in [-0.4, -0.2) is 18.9 Å². The molecule has 0 aliphatic heterocycles. The van der Waals surface area contributed by atoms with Crippen molar-refractivity contribution in [2.45, 2.75) is 25.9 Å². The lowest BCUT2D eigenvalue weighted by atomic mass is 10.0. The number of aryl methyl sites for hydroxylation is 1. The Bertz CT molecular complexity index is 929. The van der Waals surface area contributed by atoms with Crippen LogP contribution in [0.5, 0.6) is 5.75 Å². The second-order valence-electron chi connectivity index (χ2n) is 6.76. The molecule has 0 N–H and O–H groups in total. The van der Waals surface area contributed by atoms with Gasteiger partial charge >= 0.3 is 5.97 Å². The van der Waals surface area contributed by atoms with E-state index in [-0.39, 0.29) is 12.4 Å². The number of esters is 1. The summed E-state index contributed by atoms with van der Waals surface area (Å²) in [6, 6.07) is 24.1. The second kappa shape index (κ2) is 10.2. The molecule has 0 unspecified atom stereocenters. The lowest BCUT2D eigenvalue weighted by Crippen LogP contribution is -2.06. The van der Waals surface area contributed by atoms with E-state index < -0.39 is 5.97 Å². The zero-order valence-corrected chi connectivity index (χ0v) is 16.5. The first-order valence-electron chi connectivity index (χ1n) is 9.63. The minimum absolute atomic E-state index is 0.0720. The molecule has 3 rings (SSSR count). The van der Waals surface area contributed by atoms with Gasteiger partial charge in [0.2, 0.25) is 0 Å². The van der Waals surface area contributed by atoms with Gasteiger partial charge in [-0.05, 0) is 48.2 Å². The van der Waals surface area contributed by atoms with Crippen molar-refractivity contribution in [2.24, 2.45) is 0 Å². The molecule has 0 saturated heterocycles. The molecule has 29 heavy (non-hydrogen) atoms. The van der Waals surface area contributed by atoms with Gasteiger partial charge in [0.25, 0.3) is 0 Å². The Balaban J connectivity index is 1.46. The third-order valence-electron chi connectivity index (χ3n) is 4.68. The molecule has 0 aliphatic carbocycles. The summed E-state index contributed by atoms with van der Waals surface area (Å²) < 4.78 is 10.5. The number of carbonyl (C=O) groups is 2. The van der Waals surface area contributed by atoms with E-state index in [0.29, 0.717) is 17.5 Å². The third kappa shape index (κ3) is 6.04. The van der Waals surface area contributed by atoms with Crippen molar-refractivity contribution in [3.8, 4) is 5.75 Å². The van der Waals surface area contributed by atoms with Crippen molar-refractivity contribution in [1.82, 2.24) is 0 Å². The molecule has 0 amide bonds. The Morgan fingerprint density at radius 3 is 2.07 bits per heavy atom. The number of ether oxygens (including phenoxy) is 2. The standard InChI is InChI=1S/C25H24O4/c1-28-23-16-10-19(11-17-23)8-5-9-24(26)21-12-14-22(15-13-21)25(27)29-18-20-6-3-2-4-7-20/h2-4,6-7,10-17H,5,8-9,18H2,1H3. The molecule has 0 bridgehead atoms. The summed E-state index contributed by atoms with van der Waals surface area (Å²) in [5.41, 5.74) is 3.16. The summed E-state index contributed by atoms with van der Waals surface area (Å²) in [4.78, 5) is 24.5. The van der Waals surface area contributed by atoms with Crippen molar-refractivity contribution < 1.29 is 19.1 Å². The van der Waals surface area contributed by atoms with Crippen LogP contribution in [0.25, 0.3) is 0 Å². The molecular formula is C25H24O4. The zero-order valence-electron chi connectivity index (χ0n) is 16.5. The van der Waals surface area contributed by atoms with Crippen LogP contribution >= 0.6 is 0 Å². The number of rotatable bonds is 9. The highest BCUT2D eigenvalue weighted by molar-refractivity contribution is 5.97. The van der Waals surface area contributed by atoms with Crippen molar-refractivity contribution in [2.75, 3.05) is 7.11 Å². The van der Waals surface area contributed by atoms with Crippen molar-refractivity contribution in [3.63, 3.8) is 0 Å². The van der Waals surface area contributed by atoms with Crippen molar-refractivity contribution in [1.29, 1.82) is 0 Å². The first-order chi connectivity index (χ1) is 14.2. The van der Waals surface area contributed by atoms with Gasteiger partial charge < -0.3 is 9.47 Å². The maximum atomic E-state index is 12.4. The second-order valence-corrected chi connectivity index (χ2v) is 6.76. The molecule has 0 saturated carbocycles. The fraction of sp³-hybridized carbons (Fsp3) is 0.200. The van der Waals surface area contributed by atoms with Crippen LogP contribution in [0.4, 0.5) is 0 Å². The van der Waals surface area contributed by atoms with E-state index >= 15 is 0 Å². The molecule has 4 nitrogen and oxygen atoms in total. The molecule has 148 valence electrons. The highest BCUT2D eigenvalue weighted by Crippen LogP contribution is 2.15. The maximum Gasteiger partial charge on any atom is 0.338 e. The van der Waals surface area contributed by atoms with E-state index in [2.05, 4.69) is 0 Å². The van der Waals surface area contributed by atoms with Crippen LogP contribution in [0.1, 0.15) is 44.7 Å². The summed E-state index contributed by atoms with van der Waals surface area (Å²) in [6.07, 6.45) is 2.06. The topological polar surface area (TPSA) is 52.6 Å². The minimum atomic E-state index is -0.396. The molecule has 0 spiro atoms. The molecule has 0 aliphatic rings. The van der Waals surface area contributed by atoms with Gasteiger partial charge in [-0.25, -0.2) is 4.79 Å². The third-order valence-corrected chi connectivity index (χ3v) is 4.68. The highest BCUT2D eigenvalue weighted by atomic mass is 16.5. The van der Waals surface area contributed by atoms with E-state index in [1.54, 1.807) is 31.4 Å². The van der Waals surface area contributed by atoms with E-state index in [1.807, 2.05) is 54.6 Å². The van der Waals surface area contributed by atoms with Gasteiger partial charge in [-0.3, -0.25) is 4.79 Å². The summed E-state index contributed by atoms with van der Waals surface area (Å²) in [5.74, 6) is 0.502. The maximum absolute atomic E-state index is 12.4. The summed E-state index contributed by atoms with van der Waals surface area (Å²) in [5, 5.41) is 0. The Morgan fingerprint density at radius 2 is 1.41 bits per heavy atom. The summed E-state index contributed by atoms with van der Waals surface area (Å²) >= 11 is 0. The number of benzene rings is 3. The Hall–Kier alpha value is -3.40. The average molecular weight is 388 g/mol. The molecule has 3 aromatic carbocycles. The fourth-order valence-corrected chi connectivity index (χ4v) is 2.99. The van der Waals surface area contributed by atoms with Crippen LogP contribution in [0.3, 0.4) is 0 Å². The lowest BCUT2D eigenvalue weighted by molar-refractivity contribution is 0.0472. The average Bonchev–Trinajstić information content (AvgIpc) is 2.78. The van der Waals surface area contributed by atoms with Crippen molar-refractivity contribution in [3.05, 3.63) is 101 Å².